The lowest BCUT2D eigenvalue weighted by atomic mass is 10.1. The highest BCUT2D eigenvalue weighted by molar-refractivity contribution is 9.13. The molecule has 0 aliphatic heterocycles. The number of hydrogen-bond acceptors (Lipinski definition) is 3. The lowest BCUT2D eigenvalue weighted by Crippen LogP contribution is -1.85. The predicted octanol–water partition coefficient (Wildman–Crippen LogP) is 4.53. The van der Waals surface area contributed by atoms with E-state index in [4.69, 9.17) is 20.9 Å². The van der Waals surface area contributed by atoms with Gasteiger partial charge in [0, 0.05) is 5.56 Å². The molecule has 3 nitrogen and oxygen atoms in total. The van der Waals surface area contributed by atoms with Gasteiger partial charge in [-0.2, -0.15) is 0 Å². The largest absolute Gasteiger partial charge is 0.497 e. The van der Waals surface area contributed by atoms with Gasteiger partial charge in [-0.15, -0.1) is 0 Å². The average Bonchev–Trinajstić information content (AvgIpc) is 2.60. The molecule has 2 aromatic rings. The first kappa shape index (κ1) is 12.0. The third kappa shape index (κ3) is 2.12. The molecule has 84 valence electrons. The molecule has 0 saturated heterocycles. The van der Waals surface area contributed by atoms with Crippen LogP contribution in [-0.2, 0) is 0 Å². The Morgan fingerprint density at radius 1 is 1.38 bits per heavy atom. The van der Waals surface area contributed by atoms with E-state index in [-0.39, 0.29) is 0 Å². The Morgan fingerprint density at radius 3 is 2.62 bits per heavy atom. The van der Waals surface area contributed by atoms with Crippen LogP contribution in [0.25, 0.3) is 11.3 Å². The molecule has 0 unspecified atom stereocenters. The van der Waals surface area contributed by atoms with Crippen molar-refractivity contribution in [3.63, 3.8) is 0 Å². The lowest BCUT2D eigenvalue weighted by molar-refractivity contribution is 0.401. The Hall–Kier alpha value is -0.520. The van der Waals surface area contributed by atoms with Gasteiger partial charge in [-0.1, -0.05) is 16.8 Å². The summed E-state index contributed by atoms with van der Waals surface area (Å²) in [6, 6.07) is 5.37. The van der Waals surface area contributed by atoms with E-state index in [1.807, 2.05) is 12.1 Å². The third-order valence-corrected chi connectivity index (χ3v) is 4.15. The number of rotatable bonds is 2. The molecule has 0 atom stereocenters. The molecule has 0 bridgehead atoms. The normalized spacial score (nSPS) is 10.5. The molecule has 0 fully saturated rings. The van der Waals surface area contributed by atoms with Crippen LogP contribution in [0.2, 0.25) is 5.02 Å². The van der Waals surface area contributed by atoms with Gasteiger partial charge in [0.1, 0.15) is 15.9 Å². The van der Waals surface area contributed by atoms with Gasteiger partial charge in [0.05, 0.1) is 12.1 Å². The highest BCUT2D eigenvalue weighted by Crippen LogP contribution is 2.38. The highest BCUT2D eigenvalue weighted by atomic mass is 79.9. The molecule has 1 aromatic heterocycles. The number of nitrogens with zero attached hydrogens (tertiary/aromatic N) is 1. The molecular formula is C10H6Br2ClNO2. The van der Waals surface area contributed by atoms with E-state index >= 15 is 0 Å². The van der Waals surface area contributed by atoms with Crippen LogP contribution in [0.3, 0.4) is 0 Å². The van der Waals surface area contributed by atoms with Crippen LogP contribution in [0.15, 0.2) is 31.9 Å². The molecule has 0 N–H and O–H groups in total. The maximum atomic E-state index is 6.13. The fourth-order valence-electron chi connectivity index (χ4n) is 1.24. The Morgan fingerprint density at radius 2 is 2.12 bits per heavy atom. The van der Waals surface area contributed by atoms with Crippen LogP contribution >= 0.6 is 43.5 Å². The molecule has 0 radical (unpaired) electrons. The van der Waals surface area contributed by atoms with E-state index in [9.17, 15) is 0 Å². The van der Waals surface area contributed by atoms with Crippen LogP contribution in [-0.4, -0.2) is 12.3 Å². The first-order valence-electron chi connectivity index (χ1n) is 4.28. The summed E-state index contributed by atoms with van der Waals surface area (Å²) in [6.07, 6.45) is 0. The Balaban J connectivity index is 2.52. The first-order valence-corrected chi connectivity index (χ1v) is 6.24. The van der Waals surface area contributed by atoms with Crippen molar-refractivity contribution in [3.05, 3.63) is 32.4 Å². The van der Waals surface area contributed by atoms with Gasteiger partial charge in [0.2, 0.25) is 4.67 Å². The zero-order valence-electron chi connectivity index (χ0n) is 8.13. The summed E-state index contributed by atoms with van der Waals surface area (Å²) in [4.78, 5) is 0. The monoisotopic (exact) mass is 365 g/mol. The van der Waals surface area contributed by atoms with Crippen LogP contribution in [0.1, 0.15) is 0 Å². The SMILES string of the molecule is COc1ccc(-c2noc(Br)c2Br)c(Cl)c1. The smallest absolute Gasteiger partial charge is 0.216 e. The van der Waals surface area contributed by atoms with Crippen LogP contribution in [0.4, 0.5) is 0 Å². The maximum absolute atomic E-state index is 6.13. The molecule has 16 heavy (non-hydrogen) atoms. The van der Waals surface area contributed by atoms with Crippen molar-refractivity contribution in [2.45, 2.75) is 0 Å². The summed E-state index contributed by atoms with van der Waals surface area (Å²) in [7, 11) is 1.59. The topological polar surface area (TPSA) is 35.3 Å². The highest BCUT2D eigenvalue weighted by Gasteiger charge is 2.16. The van der Waals surface area contributed by atoms with Gasteiger partial charge < -0.3 is 9.26 Å². The summed E-state index contributed by atoms with van der Waals surface area (Å²) >= 11 is 12.7. The Bertz CT molecular complexity index is 528. The van der Waals surface area contributed by atoms with Crippen LogP contribution in [0.5, 0.6) is 5.75 Å². The summed E-state index contributed by atoms with van der Waals surface area (Å²) < 4.78 is 11.3. The zero-order chi connectivity index (χ0) is 11.7. The van der Waals surface area contributed by atoms with Gasteiger partial charge in [-0.3, -0.25) is 0 Å². The minimum Gasteiger partial charge on any atom is -0.497 e. The van der Waals surface area contributed by atoms with E-state index in [1.54, 1.807) is 13.2 Å². The second kappa shape index (κ2) is 4.77. The molecule has 1 heterocycles. The first-order chi connectivity index (χ1) is 7.63. The van der Waals surface area contributed by atoms with Crippen LogP contribution < -0.4 is 4.74 Å². The maximum Gasteiger partial charge on any atom is 0.216 e. The number of aromatic nitrogens is 1. The van der Waals surface area contributed by atoms with Gasteiger partial charge in [0.15, 0.2) is 0 Å². The van der Waals surface area contributed by atoms with Crippen molar-refractivity contribution in [1.29, 1.82) is 0 Å². The number of benzene rings is 1. The standard InChI is InChI=1S/C10H6Br2ClNO2/c1-15-5-2-3-6(7(13)4-5)9-8(11)10(12)16-14-9/h2-4H,1H3. The van der Waals surface area contributed by atoms with Crippen molar-refractivity contribution >= 4 is 43.5 Å². The van der Waals surface area contributed by atoms with Crippen molar-refractivity contribution in [2.24, 2.45) is 0 Å². The lowest BCUT2D eigenvalue weighted by Gasteiger charge is -2.03. The van der Waals surface area contributed by atoms with E-state index in [1.165, 1.54) is 0 Å². The zero-order valence-corrected chi connectivity index (χ0v) is 12.1. The fourth-order valence-corrected chi connectivity index (χ4v) is 2.12. The Kier molecular flexibility index (Phi) is 3.56. The minimum absolute atomic E-state index is 0.536. The Labute approximate surface area is 114 Å². The van der Waals surface area contributed by atoms with Gasteiger partial charge in [-0.05, 0) is 50.1 Å². The van der Waals surface area contributed by atoms with Crippen molar-refractivity contribution in [3.8, 4) is 17.0 Å². The van der Waals surface area contributed by atoms with Crippen molar-refractivity contribution in [1.82, 2.24) is 5.16 Å². The summed E-state index contributed by atoms with van der Waals surface area (Å²) in [5, 5.41) is 4.46. The van der Waals surface area contributed by atoms with Crippen molar-refractivity contribution in [2.75, 3.05) is 7.11 Å². The molecular weight excluding hydrogens is 361 g/mol. The van der Waals surface area contributed by atoms with E-state index in [0.29, 0.717) is 21.1 Å². The summed E-state index contributed by atoms with van der Waals surface area (Å²) in [5.74, 6) is 0.701. The molecule has 0 saturated carbocycles. The van der Waals surface area contributed by atoms with Crippen molar-refractivity contribution < 1.29 is 9.26 Å². The molecule has 2 rings (SSSR count). The number of hydrogen-bond donors (Lipinski definition) is 0. The summed E-state index contributed by atoms with van der Waals surface area (Å²) in [5.41, 5.74) is 1.43. The molecule has 0 aliphatic carbocycles. The molecule has 1 aromatic carbocycles. The quantitative estimate of drug-likeness (QED) is 0.782. The third-order valence-electron chi connectivity index (χ3n) is 2.03. The van der Waals surface area contributed by atoms with E-state index < -0.39 is 0 Å². The average molecular weight is 367 g/mol. The summed E-state index contributed by atoms with van der Waals surface area (Å²) in [6.45, 7) is 0. The fraction of sp³-hybridized carbons (Fsp3) is 0.100. The van der Waals surface area contributed by atoms with E-state index in [2.05, 4.69) is 37.0 Å². The van der Waals surface area contributed by atoms with Crippen LogP contribution in [0, 0.1) is 0 Å². The molecule has 0 amide bonds. The van der Waals surface area contributed by atoms with Gasteiger partial charge >= 0.3 is 0 Å². The second-order valence-electron chi connectivity index (χ2n) is 2.96. The predicted molar refractivity (Wildman–Crippen MR) is 68.9 cm³/mol. The van der Waals surface area contributed by atoms with Gasteiger partial charge in [-0.25, -0.2) is 0 Å². The number of halogens is 3. The number of ether oxygens (including phenoxy) is 1. The molecule has 0 aliphatic rings. The molecule has 0 spiro atoms. The van der Waals surface area contributed by atoms with E-state index in [0.717, 1.165) is 10.0 Å². The minimum atomic E-state index is 0.536. The van der Waals surface area contributed by atoms with Gasteiger partial charge in [0.25, 0.3) is 0 Å². The number of methoxy groups -OCH3 is 1. The second-order valence-corrected chi connectivity index (χ2v) is 4.89. The molecule has 6 heteroatoms.